The first-order valence-corrected chi connectivity index (χ1v) is 8.38. The minimum atomic E-state index is -0.943. The number of halogens is 2. The molecule has 0 saturated carbocycles. The van der Waals surface area contributed by atoms with E-state index < -0.39 is 17.7 Å². The average Bonchev–Trinajstić information content (AvgIpc) is 3.17. The number of aromatic nitrogens is 2. The van der Waals surface area contributed by atoms with Crippen molar-refractivity contribution in [3.8, 4) is 5.69 Å². The number of nitrogens with zero attached hydrogens (tertiary/aromatic N) is 3. The lowest BCUT2D eigenvalue weighted by Gasteiger charge is -2.17. The number of benzene rings is 1. The predicted molar refractivity (Wildman–Crippen MR) is 88.8 cm³/mol. The maximum atomic E-state index is 13.6. The second-order valence-corrected chi connectivity index (χ2v) is 6.50. The summed E-state index contributed by atoms with van der Waals surface area (Å²) in [5, 5.41) is 13.8. The number of carbonyl (C=O) groups is 1. The standard InChI is InChI=1S/C18H21F2N3O2/c1-11(24)8-9-22(2)18(25)17-13-4-3-5-16(13)23(21-17)12-6-7-14(19)15(20)10-12/h6-7,10-11,24H,3-5,8-9H2,1-2H3. The Bertz CT molecular complexity index is 802. The first kappa shape index (κ1) is 17.5. The van der Waals surface area contributed by atoms with Crippen molar-refractivity contribution >= 4 is 5.91 Å². The molecular weight excluding hydrogens is 328 g/mol. The van der Waals surface area contributed by atoms with Gasteiger partial charge in [0.15, 0.2) is 17.3 Å². The van der Waals surface area contributed by atoms with Crippen LogP contribution in [0.1, 0.15) is 41.5 Å². The second kappa shape index (κ2) is 6.92. The number of hydrogen-bond acceptors (Lipinski definition) is 3. The summed E-state index contributed by atoms with van der Waals surface area (Å²) in [6, 6.07) is 3.60. The van der Waals surface area contributed by atoms with Crippen LogP contribution in [0, 0.1) is 11.6 Å². The minimum Gasteiger partial charge on any atom is -0.393 e. The number of amides is 1. The maximum Gasteiger partial charge on any atom is 0.274 e. The average molecular weight is 349 g/mol. The van der Waals surface area contributed by atoms with Crippen LogP contribution in [0.2, 0.25) is 0 Å². The topological polar surface area (TPSA) is 58.4 Å². The molecule has 0 fully saturated rings. The zero-order valence-corrected chi connectivity index (χ0v) is 14.3. The van der Waals surface area contributed by atoms with Gasteiger partial charge in [-0.05, 0) is 44.7 Å². The Labute approximate surface area is 144 Å². The highest BCUT2D eigenvalue weighted by molar-refractivity contribution is 5.94. The molecule has 1 aliphatic carbocycles. The van der Waals surface area contributed by atoms with Crippen LogP contribution in [0.25, 0.3) is 5.69 Å². The number of fused-ring (bicyclic) bond motifs is 1. The van der Waals surface area contributed by atoms with Crippen LogP contribution in [0.4, 0.5) is 8.78 Å². The summed E-state index contributed by atoms with van der Waals surface area (Å²) in [5.41, 5.74) is 2.50. The largest absolute Gasteiger partial charge is 0.393 e. The van der Waals surface area contributed by atoms with E-state index in [2.05, 4.69) is 5.10 Å². The van der Waals surface area contributed by atoms with Gasteiger partial charge in [0.25, 0.3) is 5.91 Å². The van der Waals surface area contributed by atoms with Gasteiger partial charge in [-0.25, -0.2) is 13.5 Å². The Balaban J connectivity index is 1.94. The molecule has 25 heavy (non-hydrogen) atoms. The quantitative estimate of drug-likeness (QED) is 0.902. The fourth-order valence-electron chi connectivity index (χ4n) is 3.10. The molecule has 1 unspecified atom stereocenters. The van der Waals surface area contributed by atoms with Crippen molar-refractivity contribution in [2.24, 2.45) is 0 Å². The van der Waals surface area contributed by atoms with Gasteiger partial charge in [0, 0.05) is 30.9 Å². The maximum absolute atomic E-state index is 13.6. The third-order valence-corrected chi connectivity index (χ3v) is 4.51. The third kappa shape index (κ3) is 3.42. The van der Waals surface area contributed by atoms with Gasteiger partial charge in [-0.2, -0.15) is 5.10 Å². The fourth-order valence-corrected chi connectivity index (χ4v) is 3.10. The normalized spacial score (nSPS) is 14.4. The Kier molecular flexibility index (Phi) is 4.85. The van der Waals surface area contributed by atoms with Crippen LogP contribution in [0.5, 0.6) is 0 Å². The molecule has 0 radical (unpaired) electrons. The number of carbonyl (C=O) groups excluding carboxylic acids is 1. The van der Waals surface area contributed by atoms with Crippen molar-refractivity contribution in [1.82, 2.24) is 14.7 Å². The first-order chi connectivity index (χ1) is 11.9. The molecule has 1 heterocycles. The van der Waals surface area contributed by atoms with Crippen LogP contribution < -0.4 is 0 Å². The fraction of sp³-hybridized carbons (Fsp3) is 0.444. The van der Waals surface area contributed by atoms with Gasteiger partial charge in [-0.3, -0.25) is 4.79 Å². The van der Waals surface area contributed by atoms with E-state index >= 15 is 0 Å². The van der Waals surface area contributed by atoms with Crippen LogP contribution >= 0.6 is 0 Å². The first-order valence-electron chi connectivity index (χ1n) is 8.38. The summed E-state index contributed by atoms with van der Waals surface area (Å²) in [4.78, 5) is 14.2. The molecule has 1 amide bonds. The van der Waals surface area contributed by atoms with Crippen molar-refractivity contribution < 1.29 is 18.7 Å². The number of aliphatic hydroxyl groups is 1. The van der Waals surface area contributed by atoms with E-state index in [1.807, 2.05) is 0 Å². The second-order valence-electron chi connectivity index (χ2n) is 6.50. The lowest BCUT2D eigenvalue weighted by molar-refractivity contribution is 0.0761. The summed E-state index contributed by atoms with van der Waals surface area (Å²) in [7, 11) is 1.67. The lowest BCUT2D eigenvalue weighted by atomic mass is 10.1. The Morgan fingerprint density at radius 3 is 2.80 bits per heavy atom. The molecule has 2 aromatic rings. The van der Waals surface area contributed by atoms with Crippen molar-refractivity contribution in [2.45, 2.75) is 38.7 Å². The van der Waals surface area contributed by atoms with E-state index in [4.69, 9.17) is 0 Å². The van der Waals surface area contributed by atoms with E-state index in [0.29, 0.717) is 24.3 Å². The molecule has 134 valence electrons. The van der Waals surface area contributed by atoms with Crippen LogP contribution in [0.3, 0.4) is 0 Å². The van der Waals surface area contributed by atoms with E-state index in [9.17, 15) is 18.7 Å². The molecule has 1 aromatic carbocycles. The van der Waals surface area contributed by atoms with Crippen molar-refractivity contribution in [2.75, 3.05) is 13.6 Å². The molecule has 3 rings (SSSR count). The lowest BCUT2D eigenvalue weighted by Crippen LogP contribution is -2.30. The SMILES string of the molecule is CC(O)CCN(C)C(=O)c1nn(-c2ccc(F)c(F)c2)c2c1CCC2. The molecule has 1 N–H and O–H groups in total. The molecule has 1 aromatic heterocycles. The van der Waals surface area contributed by atoms with Crippen molar-refractivity contribution in [3.05, 3.63) is 46.8 Å². The summed E-state index contributed by atoms with van der Waals surface area (Å²) in [5.74, 6) is -2.08. The molecule has 0 spiro atoms. The molecule has 5 nitrogen and oxygen atoms in total. The Morgan fingerprint density at radius 1 is 1.36 bits per heavy atom. The van der Waals surface area contributed by atoms with Gasteiger partial charge >= 0.3 is 0 Å². The molecular formula is C18H21F2N3O2. The van der Waals surface area contributed by atoms with Gasteiger partial charge in [0.2, 0.25) is 0 Å². The monoisotopic (exact) mass is 349 g/mol. The van der Waals surface area contributed by atoms with Gasteiger partial charge in [0.1, 0.15) is 0 Å². The smallest absolute Gasteiger partial charge is 0.274 e. The van der Waals surface area contributed by atoms with Crippen molar-refractivity contribution in [3.63, 3.8) is 0 Å². The zero-order chi connectivity index (χ0) is 18.1. The summed E-state index contributed by atoms with van der Waals surface area (Å²) in [6.07, 6.45) is 2.37. The number of aliphatic hydroxyl groups excluding tert-OH is 1. The zero-order valence-electron chi connectivity index (χ0n) is 14.3. The highest BCUT2D eigenvalue weighted by Gasteiger charge is 2.28. The van der Waals surface area contributed by atoms with Gasteiger partial charge in [-0.1, -0.05) is 0 Å². The highest BCUT2D eigenvalue weighted by atomic mass is 19.2. The molecule has 0 aliphatic heterocycles. The van der Waals surface area contributed by atoms with Gasteiger partial charge in [-0.15, -0.1) is 0 Å². The molecule has 1 aliphatic rings. The number of rotatable bonds is 5. The Morgan fingerprint density at radius 2 is 2.12 bits per heavy atom. The van der Waals surface area contributed by atoms with Gasteiger partial charge in [0.05, 0.1) is 11.8 Å². The summed E-state index contributed by atoms with van der Waals surface area (Å²) < 4.78 is 28.3. The highest BCUT2D eigenvalue weighted by Crippen LogP contribution is 2.29. The van der Waals surface area contributed by atoms with E-state index in [1.54, 1.807) is 18.7 Å². The third-order valence-electron chi connectivity index (χ3n) is 4.51. The van der Waals surface area contributed by atoms with E-state index in [0.717, 1.165) is 42.7 Å². The van der Waals surface area contributed by atoms with E-state index in [-0.39, 0.29) is 5.91 Å². The van der Waals surface area contributed by atoms with Crippen LogP contribution in [0.15, 0.2) is 18.2 Å². The molecule has 0 bridgehead atoms. The summed E-state index contributed by atoms with van der Waals surface area (Å²) >= 11 is 0. The predicted octanol–water partition coefficient (Wildman–Crippen LogP) is 2.48. The minimum absolute atomic E-state index is 0.222. The van der Waals surface area contributed by atoms with Gasteiger partial charge < -0.3 is 10.0 Å². The van der Waals surface area contributed by atoms with E-state index in [1.165, 1.54) is 11.0 Å². The van der Waals surface area contributed by atoms with Crippen LogP contribution in [-0.4, -0.2) is 45.4 Å². The summed E-state index contributed by atoms with van der Waals surface area (Å²) in [6.45, 7) is 2.09. The van der Waals surface area contributed by atoms with Crippen LogP contribution in [-0.2, 0) is 12.8 Å². The van der Waals surface area contributed by atoms with Crippen molar-refractivity contribution in [1.29, 1.82) is 0 Å². The molecule has 7 heteroatoms. The molecule has 0 saturated heterocycles. The number of hydrogen-bond donors (Lipinski definition) is 1. The Hall–Kier alpha value is -2.28. The molecule has 1 atom stereocenters.